The van der Waals surface area contributed by atoms with Crippen LogP contribution in [0.15, 0.2) is 18.2 Å². The Morgan fingerprint density at radius 3 is 3.00 bits per heavy atom. The Balaban J connectivity index is 2.20. The number of nitrogens with one attached hydrogen (secondary N) is 1. The van der Waals surface area contributed by atoms with Gasteiger partial charge in [-0.1, -0.05) is 17.7 Å². The van der Waals surface area contributed by atoms with Crippen LogP contribution in [0.3, 0.4) is 0 Å². The highest BCUT2D eigenvalue weighted by Crippen LogP contribution is 2.28. The van der Waals surface area contributed by atoms with Gasteiger partial charge in [0, 0.05) is 19.1 Å². The zero-order chi connectivity index (χ0) is 10.8. The lowest BCUT2D eigenvalue weighted by molar-refractivity contribution is 0.609. The maximum Gasteiger partial charge on any atom is 0.165 e. The van der Waals surface area contributed by atoms with Gasteiger partial charge < -0.3 is 10.2 Å². The maximum absolute atomic E-state index is 13.7. The molecule has 1 aromatic rings. The van der Waals surface area contributed by atoms with Gasteiger partial charge in [0.2, 0.25) is 0 Å². The van der Waals surface area contributed by atoms with Crippen LogP contribution in [0.25, 0.3) is 0 Å². The Kier molecular flexibility index (Phi) is 3.12. The summed E-state index contributed by atoms with van der Waals surface area (Å²) in [6.45, 7) is 1.72. The summed E-state index contributed by atoms with van der Waals surface area (Å²) in [6, 6.07) is 5.59. The molecule has 0 radical (unpaired) electrons. The third-order valence-electron chi connectivity index (χ3n) is 2.87. The molecule has 82 valence electrons. The summed E-state index contributed by atoms with van der Waals surface area (Å²) in [5.74, 6) is -0.309. The fourth-order valence-corrected chi connectivity index (χ4v) is 2.12. The zero-order valence-electron chi connectivity index (χ0n) is 8.63. The molecule has 0 aromatic heterocycles. The predicted molar refractivity (Wildman–Crippen MR) is 61.1 cm³/mol. The van der Waals surface area contributed by atoms with Gasteiger partial charge in [-0.25, -0.2) is 4.39 Å². The van der Waals surface area contributed by atoms with E-state index in [9.17, 15) is 4.39 Å². The highest BCUT2D eigenvalue weighted by Gasteiger charge is 2.23. The van der Waals surface area contributed by atoms with Gasteiger partial charge in [0.25, 0.3) is 0 Å². The molecule has 1 aliphatic heterocycles. The van der Waals surface area contributed by atoms with E-state index in [0.29, 0.717) is 11.7 Å². The first-order valence-electron chi connectivity index (χ1n) is 5.08. The van der Waals surface area contributed by atoms with E-state index in [1.54, 1.807) is 18.2 Å². The molecule has 0 bridgehead atoms. The Morgan fingerprint density at radius 2 is 2.33 bits per heavy atom. The first-order valence-corrected chi connectivity index (χ1v) is 5.46. The smallest absolute Gasteiger partial charge is 0.165 e. The number of likely N-dealkylation sites (N-methyl/N-ethyl adjacent to an activating group) is 1. The van der Waals surface area contributed by atoms with Gasteiger partial charge in [-0.15, -0.1) is 0 Å². The van der Waals surface area contributed by atoms with Crippen molar-refractivity contribution >= 4 is 17.3 Å². The van der Waals surface area contributed by atoms with E-state index in [2.05, 4.69) is 5.32 Å². The first-order chi connectivity index (χ1) is 7.22. The van der Waals surface area contributed by atoms with Crippen molar-refractivity contribution in [3.8, 4) is 0 Å². The minimum Gasteiger partial charge on any atom is -0.368 e. The van der Waals surface area contributed by atoms with Crippen LogP contribution in [-0.2, 0) is 0 Å². The largest absolute Gasteiger partial charge is 0.368 e. The summed E-state index contributed by atoms with van der Waals surface area (Å²) in [5.41, 5.74) is 0.611. The van der Waals surface area contributed by atoms with Crippen LogP contribution in [0.4, 0.5) is 10.1 Å². The average Bonchev–Trinajstić information content (AvgIpc) is 2.70. The molecule has 0 spiro atoms. The summed E-state index contributed by atoms with van der Waals surface area (Å²) in [7, 11) is 1.93. The Hall–Kier alpha value is -0.800. The third-order valence-corrected chi connectivity index (χ3v) is 3.16. The van der Waals surface area contributed by atoms with Crippen molar-refractivity contribution < 1.29 is 4.39 Å². The molecule has 1 heterocycles. The monoisotopic (exact) mass is 228 g/mol. The van der Waals surface area contributed by atoms with E-state index in [1.807, 2.05) is 11.9 Å². The molecule has 1 unspecified atom stereocenters. The van der Waals surface area contributed by atoms with E-state index < -0.39 is 0 Å². The van der Waals surface area contributed by atoms with Crippen molar-refractivity contribution in [2.75, 3.05) is 25.0 Å². The number of rotatable bonds is 2. The average molecular weight is 229 g/mol. The molecular weight excluding hydrogens is 215 g/mol. The van der Waals surface area contributed by atoms with Gasteiger partial charge in [0.05, 0.1) is 10.7 Å². The van der Waals surface area contributed by atoms with Crippen LogP contribution in [0.2, 0.25) is 5.02 Å². The number of anilines is 1. The van der Waals surface area contributed by atoms with Crippen LogP contribution >= 0.6 is 11.6 Å². The van der Waals surface area contributed by atoms with Crippen LogP contribution in [0.5, 0.6) is 0 Å². The van der Waals surface area contributed by atoms with Gasteiger partial charge in [0.1, 0.15) is 0 Å². The zero-order valence-corrected chi connectivity index (χ0v) is 9.39. The lowest BCUT2D eigenvalue weighted by Crippen LogP contribution is -2.29. The standard InChI is InChI=1S/C11H14ClFN2/c1-14-8-5-6-15(7-8)10-4-2-3-9(12)11(10)13/h2-4,8,14H,5-7H2,1H3. The molecule has 1 N–H and O–H groups in total. The Labute approximate surface area is 94.0 Å². The summed E-state index contributed by atoms with van der Waals surface area (Å²) in [5, 5.41) is 3.40. The number of hydrogen-bond acceptors (Lipinski definition) is 2. The van der Waals surface area contributed by atoms with Crippen molar-refractivity contribution in [1.29, 1.82) is 0 Å². The highest BCUT2D eigenvalue weighted by atomic mass is 35.5. The lowest BCUT2D eigenvalue weighted by atomic mass is 10.2. The number of hydrogen-bond donors (Lipinski definition) is 1. The third kappa shape index (κ3) is 2.08. The van der Waals surface area contributed by atoms with Gasteiger partial charge in [-0.3, -0.25) is 0 Å². The quantitative estimate of drug-likeness (QED) is 0.836. The Bertz CT molecular complexity index is 356. The summed E-state index contributed by atoms with van der Waals surface area (Å²) < 4.78 is 13.7. The Morgan fingerprint density at radius 1 is 1.53 bits per heavy atom. The minimum absolute atomic E-state index is 0.195. The molecule has 0 amide bonds. The maximum atomic E-state index is 13.7. The fourth-order valence-electron chi connectivity index (χ4n) is 1.95. The molecule has 1 aliphatic rings. The SMILES string of the molecule is CNC1CCN(c2cccc(Cl)c2F)C1. The number of benzene rings is 1. The van der Waals surface area contributed by atoms with E-state index >= 15 is 0 Å². The molecule has 15 heavy (non-hydrogen) atoms. The van der Waals surface area contributed by atoms with Crippen LogP contribution in [0.1, 0.15) is 6.42 Å². The van der Waals surface area contributed by atoms with Gasteiger partial charge >= 0.3 is 0 Å². The van der Waals surface area contributed by atoms with Gasteiger partial charge in [-0.05, 0) is 25.6 Å². The molecule has 1 atom stereocenters. The van der Waals surface area contributed by atoms with Crippen molar-refractivity contribution in [3.05, 3.63) is 29.0 Å². The predicted octanol–water partition coefficient (Wildman–Crippen LogP) is 2.28. The second-order valence-electron chi connectivity index (χ2n) is 3.79. The molecular formula is C11H14ClFN2. The van der Waals surface area contributed by atoms with Gasteiger partial charge in [-0.2, -0.15) is 0 Å². The molecule has 4 heteroatoms. The molecule has 0 aliphatic carbocycles. The molecule has 1 aromatic carbocycles. The van der Waals surface area contributed by atoms with Crippen LogP contribution in [0, 0.1) is 5.82 Å². The minimum atomic E-state index is -0.309. The second kappa shape index (κ2) is 4.37. The van der Waals surface area contributed by atoms with E-state index in [4.69, 9.17) is 11.6 Å². The van der Waals surface area contributed by atoms with E-state index in [0.717, 1.165) is 19.5 Å². The van der Waals surface area contributed by atoms with Crippen LogP contribution < -0.4 is 10.2 Å². The lowest BCUT2D eigenvalue weighted by Gasteiger charge is -2.19. The second-order valence-corrected chi connectivity index (χ2v) is 4.20. The summed E-state index contributed by atoms with van der Waals surface area (Å²) in [4.78, 5) is 2.03. The molecule has 0 saturated carbocycles. The van der Waals surface area contributed by atoms with Crippen molar-refractivity contribution in [2.45, 2.75) is 12.5 Å². The molecule has 1 saturated heterocycles. The number of halogens is 2. The topological polar surface area (TPSA) is 15.3 Å². The van der Waals surface area contributed by atoms with E-state index in [-0.39, 0.29) is 10.8 Å². The van der Waals surface area contributed by atoms with Crippen molar-refractivity contribution in [1.82, 2.24) is 5.32 Å². The molecule has 1 fully saturated rings. The van der Waals surface area contributed by atoms with Crippen molar-refractivity contribution in [2.24, 2.45) is 0 Å². The normalized spacial score (nSPS) is 21.0. The number of nitrogens with zero attached hydrogens (tertiary/aromatic N) is 1. The van der Waals surface area contributed by atoms with Crippen LogP contribution in [-0.4, -0.2) is 26.2 Å². The summed E-state index contributed by atoms with van der Waals surface area (Å²) >= 11 is 5.75. The highest BCUT2D eigenvalue weighted by molar-refractivity contribution is 6.31. The van der Waals surface area contributed by atoms with Gasteiger partial charge in [0.15, 0.2) is 5.82 Å². The van der Waals surface area contributed by atoms with Crippen molar-refractivity contribution in [3.63, 3.8) is 0 Å². The fraction of sp³-hybridized carbons (Fsp3) is 0.455. The molecule has 2 rings (SSSR count). The molecule has 2 nitrogen and oxygen atoms in total. The first kappa shape index (κ1) is 10.7. The summed E-state index contributed by atoms with van der Waals surface area (Å²) in [6.07, 6.45) is 1.04. The van der Waals surface area contributed by atoms with E-state index in [1.165, 1.54) is 0 Å².